The van der Waals surface area contributed by atoms with Gasteiger partial charge in [-0.15, -0.1) is 5.73 Å². The van der Waals surface area contributed by atoms with Crippen molar-refractivity contribution in [3.8, 4) is 0 Å². The van der Waals surface area contributed by atoms with Crippen molar-refractivity contribution in [2.24, 2.45) is 0 Å². The van der Waals surface area contributed by atoms with Crippen LogP contribution in [0.5, 0.6) is 0 Å². The molecule has 28 heavy (non-hydrogen) atoms. The highest BCUT2D eigenvalue weighted by molar-refractivity contribution is 7.50. The molecule has 0 spiro atoms. The van der Waals surface area contributed by atoms with Crippen LogP contribution in [0.15, 0.2) is 105 Å². The maximum absolute atomic E-state index is 6.45. The second-order valence-electron chi connectivity index (χ2n) is 6.81. The third kappa shape index (κ3) is 2.30. The lowest BCUT2D eigenvalue weighted by Gasteiger charge is -2.05. The number of fused-ring (bicyclic) bond motifs is 7. The molecule has 0 unspecified atom stereocenters. The van der Waals surface area contributed by atoms with Crippen LogP contribution < -0.4 is 0 Å². The van der Waals surface area contributed by atoms with Gasteiger partial charge in [0.15, 0.2) is 0 Å². The molecule has 0 radical (unpaired) electrons. The molecule has 3 heteroatoms. The van der Waals surface area contributed by atoms with Gasteiger partial charge in [-0.25, -0.2) is 0 Å². The van der Waals surface area contributed by atoms with Crippen LogP contribution in [-0.2, 0) is 0 Å². The second-order valence-corrected chi connectivity index (χ2v) is 8.18. The van der Waals surface area contributed by atoms with Crippen molar-refractivity contribution in [1.29, 1.82) is 0 Å². The van der Waals surface area contributed by atoms with Crippen molar-refractivity contribution in [2.75, 3.05) is 0 Å². The van der Waals surface area contributed by atoms with Gasteiger partial charge in [-0.05, 0) is 45.8 Å². The topological polar surface area (TPSA) is 26.3 Å². The van der Waals surface area contributed by atoms with Crippen molar-refractivity contribution in [2.45, 2.75) is 0 Å². The van der Waals surface area contributed by atoms with Gasteiger partial charge in [0.1, 0.15) is 16.5 Å². The highest BCUT2D eigenvalue weighted by Crippen LogP contribution is 2.46. The van der Waals surface area contributed by atoms with Crippen LogP contribution in [0.2, 0.25) is 0 Å². The molecule has 0 amide bonds. The lowest BCUT2D eigenvalue weighted by Crippen LogP contribution is -1.79. The van der Waals surface area contributed by atoms with Gasteiger partial charge in [0.25, 0.3) is 8.01 Å². The molecule has 0 saturated heterocycles. The highest BCUT2D eigenvalue weighted by atomic mass is 31.1. The van der Waals surface area contributed by atoms with E-state index in [1.807, 2.05) is 18.2 Å². The molecule has 0 fully saturated rings. The predicted molar refractivity (Wildman–Crippen MR) is 118 cm³/mol. The summed E-state index contributed by atoms with van der Waals surface area (Å²) in [5, 5.41) is 7.87. The Morgan fingerprint density at radius 3 is 1.75 bits per heavy atom. The zero-order valence-corrected chi connectivity index (χ0v) is 15.8. The van der Waals surface area contributed by atoms with Gasteiger partial charge in [-0.1, -0.05) is 66.7 Å². The Labute approximate surface area is 162 Å². The fourth-order valence-corrected chi connectivity index (χ4v) is 5.18. The summed E-state index contributed by atoms with van der Waals surface area (Å²) in [5.41, 5.74) is 4.96. The van der Waals surface area contributed by atoms with Gasteiger partial charge in [0.2, 0.25) is 0 Å². The Balaban J connectivity index is 1.96. The largest absolute Gasteiger partial charge is 0.415 e. The molecule has 1 aliphatic carbocycles. The summed E-state index contributed by atoms with van der Waals surface area (Å²) in [6, 6.07) is 25.2. The summed E-state index contributed by atoms with van der Waals surface area (Å²) in [4.78, 5) is 0. The Morgan fingerprint density at radius 2 is 1.21 bits per heavy atom. The van der Waals surface area contributed by atoms with Crippen molar-refractivity contribution in [3.63, 3.8) is 0 Å². The van der Waals surface area contributed by atoms with E-state index in [2.05, 4.69) is 78.5 Å². The Hall–Kier alpha value is -3.44. The number of rotatable bonds is 1. The third-order valence-electron chi connectivity index (χ3n) is 5.17. The molecule has 2 nitrogen and oxygen atoms in total. The van der Waals surface area contributed by atoms with E-state index in [0.29, 0.717) is 0 Å². The van der Waals surface area contributed by atoms with Gasteiger partial charge in [-0.3, -0.25) is 0 Å². The molecule has 1 heterocycles. The molecule has 0 saturated carbocycles. The summed E-state index contributed by atoms with van der Waals surface area (Å²) in [6.45, 7) is 0. The van der Waals surface area contributed by atoms with E-state index in [1.165, 1.54) is 21.5 Å². The van der Waals surface area contributed by atoms with Gasteiger partial charge in [0.05, 0.1) is 0 Å². The number of benzene rings is 4. The smallest absolute Gasteiger partial charge is 0.261 e. The standard InChI is InChI=1S/C25H15O2P/c1-5-11-20-17(7-1)13-15-22-24(20)25-21-12-6-2-8-18(21)14-16-23(25)27-28(26-22)19-9-3-4-10-19/h1-9,11-16H. The molecule has 4 aromatic carbocycles. The van der Waals surface area contributed by atoms with Gasteiger partial charge in [0, 0.05) is 10.8 Å². The normalized spacial score (nSPS) is 13.1. The maximum atomic E-state index is 6.45. The molecule has 6 rings (SSSR count). The van der Waals surface area contributed by atoms with Crippen LogP contribution in [0.3, 0.4) is 0 Å². The first kappa shape index (κ1) is 15.6. The van der Waals surface area contributed by atoms with Crippen LogP contribution in [0.4, 0.5) is 0 Å². The van der Waals surface area contributed by atoms with Crippen molar-refractivity contribution >= 4 is 56.8 Å². The molecular formula is C25H15O2P. The first-order valence-electron chi connectivity index (χ1n) is 9.22. The number of hydrogen-bond acceptors (Lipinski definition) is 2. The maximum Gasteiger partial charge on any atom is 0.261 e. The van der Waals surface area contributed by atoms with Crippen LogP contribution >= 0.6 is 8.01 Å². The minimum Gasteiger partial charge on any atom is -0.415 e. The van der Waals surface area contributed by atoms with Crippen molar-refractivity contribution < 1.29 is 8.39 Å². The Kier molecular flexibility index (Phi) is 3.36. The SMILES string of the molecule is C1=CC=CC=1p1oc2ccc3ccccc3c2c2c(ccc3ccccc32)o1. The minimum atomic E-state index is -1.30. The van der Waals surface area contributed by atoms with E-state index >= 15 is 0 Å². The second kappa shape index (κ2) is 6.04. The van der Waals surface area contributed by atoms with Crippen molar-refractivity contribution in [1.82, 2.24) is 0 Å². The fourth-order valence-electron chi connectivity index (χ4n) is 3.90. The first-order valence-corrected chi connectivity index (χ1v) is 10.4. The minimum absolute atomic E-state index is 0.856. The molecule has 0 atom stereocenters. The third-order valence-corrected chi connectivity index (χ3v) is 6.57. The molecule has 0 N–H and O–H groups in total. The Morgan fingerprint density at radius 1 is 0.643 bits per heavy atom. The summed E-state index contributed by atoms with van der Waals surface area (Å²) < 4.78 is 12.9. The van der Waals surface area contributed by atoms with Crippen molar-refractivity contribution in [3.05, 3.63) is 96.8 Å². The first-order chi connectivity index (χ1) is 13.9. The zero-order valence-electron chi connectivity index (χ0n) is 14.9. The molecule has 0 bridgehead atoms. The van der Waals surface area contributed by atoms with E-state index in [9.17, 15) is 0 Å². The lowest BCUT2D eigenvalue weighted by atomic mass is 9.99. The van der Waals surface area contributed by atoms with Crippen LogP contribution in [0, 0.1) is 0 Å². The van der Waals surface area contributed by atoms with E-state index in [-0.39, 0.29) is 0 Å². The summed E-state index contributed by atoms with van der Waals surface area (Å²) in [5.74, 6) is 0. The molecule has 1 aliphatic rings. The highest BCUT2D eigenvalue weighted by Gasteiger charge is 2.14. The van der Waals surface area contributed by atoms with Crippen LogP contribution in [-0.4, -0.2) is 0 Å². The zero-order chi connectivity index (χ0) is 18.5. The van der Waals surface area contributed by atoms with Crippen LogP contribution in [0.1, 0.15) is 0 Å². The van der Waals surface area contributed by atoms with E-state index < -0.39 is 8.01 Å². The predicted octanol–water partition coefficient (Wildman–Crippen LogP) is 8.16. The molecular weight excluding hydrogens is 363 g/mol. The molecule has 5 aromatic rings. The lowest BCUT2D eigenvalue weighted by molar-refractivity contribution is 0.652. The Bertz CT molecular complexity index is 1450. The van der Waals surface area contributed by atoms with Crippen LogP contribution in [0.25, 0.3) is 48.8 Å². The van der Waals surface area contributed by atoms with Gasteiger partial charge >= 0.3 is 0 Å². The van der Waals surface area contributed by atoms with Gasteiger partial charge < -0.3 is 8.39 Å². The van der Waals surface area contributed by atoms with E-state index in [0.717, 1.165) is 27.3 Å². The average molecular weight is 378 g/mol. The van der Waals surface area contributed by atoms with E-state index in [1.54, 1.807) is 0 Å². The van der Waals surface area contributed by atoms with E-state index in [4.69, 9.17) is 8.39 Å². The fraction of sp³-hybridized carbons (Fsp3) is 0. The number of hydrogen-bond donors (Lipinski definition) is 0. The molecule has 0 aliphatic heterocycles. The quantitative estimate of drug-likeness (QED) is 0.275. The molecule has 132 valence electrons. The average Bonchev–Trinajstić information content (AvgIpc) is 3.22. The van der Waals surface area contributed by atoms with Gasteiger partial charge in [-0.2, -0.15) is 0 Å². The summed E-state index contributed by atoms with van der Waals surface area (Å²) in [6.07, 6.45) is 5.88. The molecule has 1 aromatic heterocycles. The summed E-state index contributed by atoms with van der Waals surface area (Å²) in [7, 11) is -1.30. The summed E-state index contributed by atoms with van der Waals surface area (Å²) >= 11 is 0. The monoisotopic (exact) mass is 378 g/mol. The number of allylic oxidation sites excluding steroid dienone is 3.